The predicted molar refractivity (Wildman–Crippen MR) is 106 cm³/mol. The second kappa shape index (κ2) is 8.90. The number of benzene rings is 2. The number of nitrogens with one attached hydrogen (secondary N) is 1. The highest BCUT2D eigenvalue weighted by Gasteiger charge is 2.18. The van der Waals surface area contributed by atoms with E-state index in [2.05, 4.69) is 5.32 Å². The molecule has 0 saturated carbocycles. The van der Waals surface area contributed by atoms with Crippen LogP contribution >= 0.6 is 11.8 Å². The van der Waals surface area contributed by atoms with Crippen molar-refractivity contribution in [2.24, 2.45) is 0 Å². The maximum absolute atomic E-state index is 12.6. The summed E-state index contributed by atoms with van der Waals surface area (Å²) in [5.74, 6) is 2.60. The third kappa shape index (κ3) is 5.01. The van der Waals surface area contributed by atoms with Crippen LogP contribution in [0.4, 0.5) is 5.69 Å². The van der Waals surface area contributed by atoms with Crippen molar-refractivity contribution in [3.63, 3.8) is 0 Å². The fourth-order valence-electron chi connectivity index (χ4n) is 2.60. The molecule has 3 rings (SSSR count). The van der Waals surface area contributed by atoms with Crippen LogP contribution in [0.3, 0.4) is 0 Å². The largest absolute Gasteiger partial charge is 0.497 e. The topological polar surface area (TPSA) is 66.0 Å². The van der Waals surface area contributed by atoms with Crippen LogP contribution in [0.5, 0.6) is 23.0 Å². The summed E-state index contributed by atoms with van der Waals surface area (Å²) in [7, 11) is 3.14. The number of carbonyl (C=O) groups is 1. The van der Waals surface area contributed by atoms with E-state index in [1.807, 2.05) is 25.1 Å². The maximum Gasteiger partial charge on any atom is 0.237 e. The summed E-state index contributed by atoms with van der Waals surface area (Å²) < 4.78 is 21.8. The number of rotatable bonds is 6. The maximum atomic E-state index is 12.6. The molecule has 144 valence electrons. The van der Waals surface area contributed by atoms with Crippen molar-refractivity contribution in [2.45, 2.75) is 23.5 Å². The van der Waals surface area contributed by atoms with E-state index in [4.69, 9.17) is 18.9 Å². The number of hydrogen-bond donors (Lipinski definition) is 1. The van der Waals surface area contributed by atoms with Crippen molar-refractivity contribution < 1.29 is 23.7 Å². The molecule has 0 saturated heterocycles. The molecule has 0 fully saturated rings. The number of amides is 1. The SMILES string of the molecule is COc1cc(NC(=O)C(C)Sc2ccc3c(c2)OCCCO3)cc(OC)c1. The molecule has 6 nitrogen and oxygen atoms in total. The van der Waals surface area contributed by atoms with Crippen molar-refractivity contribution in [3.8, 4) is 23.0 Å². The van der Waals surface area contributed by atoms with E-state index in [9.17, 15) is 4.79 Å². The lowest BCUT2D eigenvalue weighted by Gasteiger charge is -2.15. The standard InChI is InChI=1S/C20H23NO5S/c1-13(20(22)21-14-9-15(23-2)11-16(10-14)24-3)27-17-5-6-18-19(12-17)26-8-4-7-25-18/h5-6,9-13H,4,7-8H2,1-3H3,(H,21,22). The molecule has 27 heavy (non-hydrogen) atoms. The lowest BCUT2D eigenvalue weighted by molar-refractivity contribution is -0.115. The lowest BCUT2D eigenvalue weighted by atomic mass is 10.2. The summed E-state index contributed by atoms with van der Waals surface area (Å²) in [5, 5.41) is 2.61. The third-order valence-corrected chi connectivity index (χ3v) is 5.11. The molecule has 0 spiro atoms. The smallest absolute Gasteiger partial charge is 0.237 e. The van der Waals surface area contributed by atoms with Crippen LogP contribution < -0.4 is 24.3 Å². The van der Waals surface area contributed by atoms with E-state index in [0.29, 0.717) is 30.4 Å². The highest BCUT2D eigenvalue weighted by Crippen LogP contribution is 2.35. The summed E-state index contributed by atoms with van der Waals surface area (Å²) in [6, 6.07) is 11.0. The van der Waals surface area contributed by atoms with Crippen LogP contribution in [-0.2, 0) is 4.79 Å². The molecule has 2 aromatic rings. The normalized spacial score (nSPS) is 14.0. The number of carbonyl (C=O) groups excluding carboxylic acids is 1. The third-order valence-electron chi connectivity index (χ3n) is 4.02. The number of anilines is 1. The van der Waals surface area contributed by atoms with Gasteiger partial charge in [0, 0.05) is 35.2 Å². The number of thioether (sulfide) groups is 1. The Morgan fingerprint density at radius 1 is 1.04 bits per heavy atom. The van der Waals surface area contributed by atoms with Gasteiger partial charge in [-0.2, -0.15) is 0 Å². The summed E-state index contributed by atoms with van der Waals surface area (Å²) in [6.45, 7) is 3.15. The molecule has 2 aromatic carbocycles. The number of methoxy groups -OCH3 is 2. The fraction of sp³-hybridized carbons (Fsp3) is 0.350. The van der Waals surface area contributed by atoms with Crippen molar-refractivity contribution in [2.75, 3.05) is 32.8 Å². The van der Waals surface area contributed by atoms with Crippen LogP contribution in [0.15, 0.2) is 41.3 Å². The Balaban J connectivity index is 1.67. The minimum absolute atomic E-state index is 0.109. The van der Waals surface area contributed by atoms with Crippen molar-refractivity contribution in [3.05, 3.63) is 36.4 Å². The van der Waals surface area contributed by atoms with Gasteiger partial charge in [0.2, 0.25) is 5.91 Å². The first kappa shape index (κ1) is 19.2. The van der Waals surface area contributed by atoms with E-state index in [1.165, 1.54) is 11.8 Å². The Bertz CT molecular complexity index is 789. The van der Waals surface area contributed by atoms with E-state index in [0.717, 1.165) is 22.8 Å². The van der Waals surface area contributed by atoms with Gasteiger partial charge in [-0.05, 0) is 25.1 Å². The molecule has 0 radical (unpaired) electrons. The first-order valence-electron chi connectivity index (χ1n) is 8.69. The molecule has 1 amide bonds. The zero-order valence-corrected chi connectivity index (χ0v) is 16.4. The zero-order valence-electron chi connectivity index (χ0n) is 15.6. The molecule has 1 unspecified atom stereocenters. The molecule has 1 N–H and O–H groups in total. The molecule has 1 aliphatic rings. The van der Waals surface area contributed by atoms with Gasteiger partial charge in [-0.25, -0.2) is 0 Å². The van der Waals surface area contributed by atoms with Gasteiger partial charge in [0.25, 0.3) is 0 Å². The predicted octanol–water partition coefficient (Wildman–Crippen LogP) is 3.98. The van der Waals surface area contributed by atoms with Gasteiger partial charge in [-0.3, -0.25) is 4.79 Å². The van der Waals surface area contributed by atoms with E-state index >= 15 is 0 Å². The lowest BCUT2D eigenvalue weighted by Crippen LogP contribution is -2.22. The van der Waals surface area contributed by atoms with E-state index < -0.39 is 0 Å². The fourth-order valence-corrected chi connectivity index (χ4v) is 3.49. The van der Waals surface area contributed by atoms with Crippen LogP contribution in [0, 0.1) is 0 Å². The van der Waals surface area contributed by atoms with Gasteiger partial charge in [0.1, 0.15) is 11.5 Å². The van der Waals surface area contributed by atoms with Gasteiger partial charge < -0.3 is 24.3 Å². The van der Waals surface area contributed by atoms with Gasteiger partial charge >= 0.3 is 0 Å². The Labute approximate surface area is 163 Å². The first-order chi connectivity index (χ1) is 13.1. The molecule has 1 aliphatic heterocycles. The van der Waals surface area contributed by atoms with Crippen LogP contribution in [0.25, 0.3) is 0 Å². The van der Waals surface area contributed by atoms with Gasteiger partial charge in [-0.15, -0.1) is 11.8 Å². The van der Waals surface area contributed by atoms with Crippen molar-refractivity contribution in [1.82, 2.24) is 0 Å². The Morgan fingerprint density at radius 3 is 2.37 bits per heavy atom. The number of ether oxygens (including phenoxy) is 4. The van der Waals surface area contributed by atoms with Crippen LogP contribution in [-0.4, -0.2) is 38.6 Å². The summed E-state index contributed by atoms with van der Waals surface area (Å²) in [4.78, 5) is 13.5. The Kier molecular flexibility index (Phi) is 6.34. The molecule has 1 atom stereocenters. The van der Waals surface area contributed by atoms with Crippen LogP contribution in [0.2, 0.25) is 0 Å². The second-order valence-electron chi connectivity index (χ2n) is 6.01. The minimum atomic E-state index is -0.299. The Hall–Kier alpha value is -2.54. The number of hydrogen-bond acceptors (Lipinski definition) is 6. The molecule has 0 bridgehead atoms. The summed E-state index contributed by atoms with van der Waals surface area (Å²) >= 11 is 1.46. The highest BCUT2D eigenvalue weighted by atomic mass is 32.2. The number of fused-ring (bicyclic) bond motifs is 1. The average Bonchev–Trinajstić information content (AvgIpc) is 2.92. The second-order valence-corrected chi connectivity index (χ2v) is 7.42. The van der Waals surface area contributed by atoms with Crippen LogP contribution in [0.1, 0.15) is 13.3 Å². The molecular formula is C20H23NO5S. The van der Waals surface area contributed by atoms with Gasteiger partial charge in [0.05, 0.1) is 32.7 Å². The molecule has 7 heteroatoms. The van der Waals surface area contributed by atoms with Crippen molar-refractivity contribution in [1.29, 1.82) is 0 Å². The monoisotopic (exact) mass is 389 g/mol. The Morgan fingerprint density at radius 2 is 1.70 bits per heavy atom. The molecule has 1 heterocycles. The summed E-state index contributed by atoms with van der Waals surface area (Å²) in [5.41, 5.74) is 0.627. The average molecular weight is 389 g/mol. The molecular weight excluding hydrogens is 366 g/mol. The zero-order chi connectivity index (χ0) is 19.2. The molecule has 0 aromatic heterocycles. The van der Waals surface area contributed by atoms with Gasteiger partial charge in [-0.1, -0.05) is 0 Å². The van der Waals surface area contributed by atoms with E-state index in [1.54, 1.807) is 32.4 Å². The highest BCUT2D eigenvalue weighted by molar-refractivity contribution is 8.00. The van der Waals surface area contributed by atoms with Gasteiger partial charge in [0.15, 0.2) is 11.5 Å². The summed E-state index contributed by atoms with van der Waals surface area (Å²) in [6.07, 6.45) is 0.861. The first-order valence-corrected chi connectivity index (χ1v) is 9.57. The van der Waals surface area contributed by atoms with Crippen molar-refractivity contribution >= 4 is 23.4 Å². The van der Waals surface area contributed by atoms with E-state index in [-0.39, 0.29) is 11.2 Å². The molecule has 0 aliphatic carbocycles. The quantitative estimate of drug-likeness (QED) is 0.754. The minimum Gasteiger partial charge on any atom is -0.497 e.